The average molecular weight is 366 g/mol. The molecule has 0 saturated carbocycles. The molecule has 5 nitrogen and oxygen atoms in total. The minimum absolute atomic E-state index is 0. The Balaban J connectivity index is 0.00000196. The lowest BCUT2D eigenvalue weighted by molar-refractivity contribution is 0.0951. The molecule has 0 unspecified atom stereocenters. The van der Waals surface area contributed by atoms with E-state index in [0.717, 1.165) is 10.1 Å². The van der Waals surface area contributed by atoms with Crippen molar-refractivity contribution >= 4 is 38.2 Å². The van der Waals surface area contributed by atoms with E-state index in [-0.39, 0.29) is 31.2 Å². The van der Waals surface area contributed by atoms with Gasteiger partial charge in [-0.15, -0.1) is 11.3 Å². The number of aromatic amines is 1. The third-order valence-corrected chi connectivity index (χ3v) is 5.06. The average Bonchev–Trinajstić information content (AvgIpc) is 3.11. The van der Waals surface area contributed by atoms with Gasteiger partial charge in [-0.3, -0.25) is 9.59 Å². The second-order valence-electron chi connectivity index (χ2n) is 5.69. The molecule has 0 atom stereocenters. The van der Waals surface area contributed by atoms with Gasteiger partial charge < -0.3 is 15.4 Å². The first kappa shape index (κ1) is 17.7. The van der Waals surface area contributed by atoms with Gasteiger partial charge in [-0.1, -0.05) is 31.7 Å². The number of fused-ring (bicyclic) bond motifs is 3. The minimum Gasteiger partial charge on any atom is -0.508 e. The second-order valence-corrected chi connectivity index (χ2v) is 6.61. The topological polar surface area (TPSA) is 82.2 Å². The molecule has 2 aromatic carbocycles. The normalized spacial score (nSPS) is 10.6. The molecule has 0 radical (unpaired) electrons. The van der Waals surface area contributed by atoms with Crippen molar-refractivity contribution in [1.29, 1.82) is 0 Å². The number of nitrogens with one attached hydrogen (secondary N) is 2. The number of thiophene rings is 1. The molecule has 2 heterocycles. The third kappa shape index (κ3) is 3.07. The number of pyridine rings is 1. The van der Waals surface area contributed by atoms with Gasteiger partial charge in [0.25, 0.3) is 11.5 Å². The van der Waals surface area contributed by atoms with E-state index < -0.39 is 0 Å². The summed E-state index contributed by atoms with van der Waals surface area (Å²) in [6.07, 6.45) is 0. The number of amides is 1. The van der Waals surface area contributed by atoms with Gasteiger partial charge in [-0.2, -0.15) is 0 Å². The van der Waals surface area contributed by atoms with Crippen LogP contribution < -0.4 is 10.9 Å². The van der Waals surface area contributed by atoms with E-state index in [2.05, 4.69) is 10.3 Å². The van der Waals surface area contributed by atoms with Crippen LogP contribution in [0.4, 0.5) is 0 Å². The highest BCUT2D eigenvalue weighted by molar-refractivity contribution is 7.18. The van der Waals surface area contributed by atoms with Crippen molar-refractivity contribution < 1.29 is 9.90 Å². The van der Waals surface area contributed by atoms with Crippen molar-refractivity contribution in [2.24, 2.45) is 0 Å². The van der Waals surface area contributed by atoms with Gasteiger partial charge in [-0.25, -0.2) is 0 Å². The molecule has 2 aromatic heterocycles. The van der Waals surface area contributed by atoms with Crippen molar-refractivity contribution in [2.45, 2.75) is 14.0 Å². The van der Waals surface area contributed by atoms with Crippen molar-refractivity contribution in [2.75, 3.05) is 0 Å². The zero-order valence-corrected chi connectivity index (χ0v) is 13.9. The molecule has 0 saturated heterocycles. The van der Waals surface area contributed by atoms with Gasteiger partial charge in [0.1, 0.15) is 5.75 Å². The molecule has 26 heavy (non-hydrogen) atoms. The lowest BCUT2D eigenvalue weighted by atomic mass is 10.1. The summed E-state index contributed by atoms with van der Waals surface area (Å²) in [5.74, 6) is -0.122. The monoisotopic (exact) mass is 366 g/mol. The third-order valence-electron chi connectivity index (χ3n) is 4.12. The number of benzene rings is 2. The molecule has 0 spiro atoms. The highest BCUT2D eigenvalue weighted by Crippen LogP contribution is 2.26. The summed E-state index contributed by atoms with van der Waals surface area (Å²) in [5.41, 5.74) is 1.57. The molecule has 0 fully saturated rings. The standard InChI is InChI=1S/C19H14N2O3S.CH4/c22-16-4-2-1-3-12(16)10-20-18(23)11-5-6-13-15(9-11)21-19(24)14-7-8-25-17(13)14;/h1-9,22H,10H2,(H,20,23)(H,21,24);1H4. The van der Waals surface area contributed by atoms with Gasteiger partial charge in [0, 0.05) is 27.8 Å². The van der Waals surface area contributed by atoms with Crippen molar-refractivity contribution in [3.8, 4) is 5.75 Å². The molecular weight excluding hydrogens is 348 g/mol. The van der Waals surface area contributed by atoms with Crippen LogP contribution in [0.3, 0.4) is 0 Å². The van der Waals surface area contributed by atoms with Crippen molar-refractivity contribution in [3.05, 3.63) is 75.4 Å². The number of carbonyl (C=O) groups is 1. The zero-order chi connectivity index (χ0) is 17.4. The summed E-state index contributed by atoms with van der Waals surface area (Å²) in [4.78, 5) is 27.3. The van der Waals surface area contributed by atoms with E-state index in [9.17, 15) is 14.7 Å². The van der Waals surface area contributed by atoms with Crippen LogP contribution in [0, 0.1) is 0 Å². The van der Waals surface area contributed by atoms with E-state index in [1.165, 1.54) is 11.3 Å². The summed E-state index contributed by atoms with van der Waals surface area (Å²) < 4.78 is 0.917. The number of carbonyl (C=O) groups excluding carboxylic acids is 1. The minimum atomic E-state index is -0.266. The molecule has 0 bridgehead atoms. The smallest absolute Gasteiger partial charge is 0.257 e. The largest absolute Gasteiger partial charge is 0.508 e. The molecule has 132 valence electrons. The fourth-order valence-electron chi connectivity index (χ4n) is 2.81. The Kier molecular flexibility index (Phi) is 4.77. The van der Waals surface area contributed by atoms with Crippen LogP contribution in [-0.4, -0.2) is 16.0 Å². The Hall–Kier alpha value is -3.12. The molecule has 4 rings (SSSR count). The highest BCUT2D eigenvalue weighted by atomic mass is 32.1. The number of phenolic OH excluding ortho intramolecular Hbond substituents is 1. The molecule has 6 heteroatoms. The summed E-state index contributed by atoms with van der Waals surface area (Å²) in [7, 11) is 0. The fraction of sp³-hybridized carbons (Fsp3) is 0.100. The molecule has 4 aromatic rings. The fourth-order valence-corrected chi connectivity index (χ4v) is 3.74. The number of aromatic hydroxyl groups is 1. The number of hydrogen-bond acceptors (Lipinski definition) is 4. The van der Waals surface area contributed by atoms with Crippen LogP contribution in [0.1, 0.15) is 23.3 Å². The first-order valence-electron chi connectivity index (χ1n) is 7.72. The van der Waals surface area contributed by atoms with Crippen molar-refractivity contribution in [1.82, 2.24) is 10.3 Å². The summed E-state index contributed by atoms with van der Waals surface area (Å²) in [6.45, 7) is 0.226. The first-order chi connectivity index (χ1) is 12.1. The molecule has 0 aliphatic rings. The summed E-state index contributed by atoms with van der Waals surface area (Å²) >= 11 is 1.51. The number of para-hydroxylation sites is 1. The van der Waals surface area contributed by atoms with E-state index in [0.29, 0.717) is 22.0 Å². The van der Waals surface area contributed by atoms with Crippen LogP contribution in [0.15, 0.2) is 58.7 Å². The van der Waals surface area contributed by atoms with Gasteiger partial charge in [0.2, 0.25) is 0 Å². The number of phenols is 1. The van der Waals surface area contributed by atoms with Crippen LogP contribution >= 0.6 is 11.3 Å². The lowest BCUT2D eigenvalue weighted by Crippen LogP contribution is -2.22. The predicted octanol–water partition coefficient (Wildman–Crippen LogP) is 4.01. The number of rotatable bonds is 3. The van der Waals surface area contributed by atoms with Gasteiger partial charge >= 0.3 is 0 Å². The molecule has 0 aliphatic heterocycles. The summed E-state index contributed by atoms with van der Waals surface area (Å²) in [5, 5.41) is 16.0. The zero-order valence-electron chi connectivity index (χ0n) is 13.1. The molecule has 0 aliphatic carbocycles. The van der Waals surface area contributed by atoms with E-state index in [4.69, 9.17) is 0 Å². The van der Waals surface area contributed by atoms with E-state index in [1.54, 1.807) is 42.5 Å². The Bertz CT molecular complexity index is 1160. The van der Waals surface area contributed by atoms with Crippen LogP contribution in [-0.2, 0) is 6.54 Å². The maximum atomic E-state index is 12.4. The maximum Gasteiger partial charge on any atom is 0.257 e. The van der Waals surface area contributed by atoms with E-state index >= 15 is 0 Å². The lowest BCUT2D eigenvalue weighted by Gasteiger charge is -2.08. The Labute approximate surface area is 153 Å². The maximum absolute atomic E-state index is 12.4. The Morgan fingerprint density at radius 2 is 1.92 bits per heavy atom. The second kappa shape index (κ2) is 7.01. The highest BCUT2D eigenvalue weighted by Gasteiger charge is 2.11. The molecular formula is C20H18N2O3S. The summed E-state index contributed by atoms with van der Waals surface area (Å²) in [6, 6.07) is 13.9. The van der Waals surface area contributed by atoms with Crippen LogP contribution in [0.2, 0.25) is 0 Å². The quantitative estimate of drug-likeness (QED) is 0.512. The van der Waals surface area contributed by atoms with Crippen molar-refractivity contribution in [3.63, 3.8) is 0 Å². The predicted molar refractivity (Wildman–Crippen MR) is 106 cm³/mol. The van der Waals surface area contributed by atoms with Gasteiger partial charge in [0.15, 0.2) is 0 Å². The Morgan fingerprint density at radius 1 is 1.12 bits per heavy atom. The number of aromatic nitrogens is 1. The SMILES string of the molecule is C.O=C(NCc1ccccc1O)c1ccc2c(c1)[nH]c(=O)c1ccsc12. The van der Waals surface area contributed by atoms with Gasteiger partial charge in [0.05, 0.1) is 10.9 Å². The van der Waals surface area contributed by atoms with E-state index in [1.807, 2.05) is 11.4 Å². The Morgan fingerprint density at radius 3 is 2.73 bits per heavy atom. The number of H-pyrrole nitrogens is 1. The van der Waals surface area contributed by atoms with Crippen LogP contribution in [0.5, 0.6) is 5.75 Å². The first-order valence-corrected chi connectivity index (χ1v) is 8.60. The van der Waals surface area contributed by atoms with Gasteiger partial charge in [-0.05, 0) is 29.6 Å². The molecule has 3 N–H and O–H groups in total. The number of hydrogen-bond donors (Lipinski definition) is 3. The molecule has 1 amide bonds. The van der Waals surface area contributed by atoms with Crippen LogP contribution in [0.25, 0.3) is 21.0 Å².